The van der Waals surface area contributed by atoms with Crippen LogP contribution in [-0.2, 0) is 17.6 Å². The van der Waals surface area contributed by atoms with Crippen molar-refractivity contribution < 1.29 is 19.4 Å². The first-order valence-corrected chi connectivity index (χ1v) is 11.9. The van der Waals surface area contributed by atoms with E-state index >= 15 is 0 Å². The lowest BCUT2D eigenvalue weighted by Crippen LogP contribution is -2.06. The molecule has 5 nitrogen and oxygen atoms in total. The number of hydrogen-bond donors (Lipinski definition) is 2. The molecule has 1 heterocycles. The molecule has 0 amide bonds. The third-order valence-corrected chi connectivity index (χ3v) is 5.87. The average Bonchev–Trinajstić information content (AvgIpc) is 3.28. The van der Waals surface area contributed by atoms with Crippen molar-refractivity contribution in [1.82, 2.24) is 4.98 Å². The van der Waals surface area contributed by atoms with Gasteiger partial charge in [0.15, 0.2) is 0 Å². The van der Waals surface area contributed by atoms with E-state index in [0.29, 0.717) is 24.5 Å². The molecule has 0 aliphatic rings. The zero-order valence-corrected chi connectivity index (χ0v) is 19.5. The number of nitrogens with one attached hydrogen (secondary N) is 1. The lowest BCUT2D eigenvalue weighted by atomic mass is 10.0. The van der Waals surface area contributed by atoms with E-state index in [4.69, 9.17) is 14.6 Å². The van der Waals surface area contributed by atoms with E-state index in [1.165, 1.54) is 22.1 Å². The van der Waals surface area contributed by atoms with Crippen LogP contribution in [0.2, 0.25) is 0 Å². The first-order chi connectivity index (χ1) is 16.7. The summed E-state index contributed by atoms with van der Waals surface area (Å²) >= 11 is 0. The lowest BCUT2D eigenvalue weighted by Gasteiger charge is -2.13. The predicted octanol–water partition coefficient (Wildman–Crippen LogP) is 6.65. The highest BCUT2D eigenvalue weighted by Gasteiger charge is 2.14. The van der Waals surface area contributed by atoms with E-state index in [0.717, 1.165) is 36.9 Å². The number of carbonyl (C=O) groups is 1. The molecule has 0 saturated heterocycles. The number of aliphatic carboxylic acids is 1. The number of aryl methyl sites for hydroxylation is 1. The molecule has 0 atom stereocenters. The number of para-hydroxylation sites is 1. The summed E-state index contributed by atoms with van der Waals surface area (Å²) in [6, 6.07) is 22.0. The Hall–Kier alpha value is -3.73. The summed E-state index contributed by atoms with van der Waals surface area (Å²) in [5, 5.41) is 10.3. The van der Waals surface area contributed by atoms with E-state index in [1.807, 2.05) is 24.3 Å². The summed E-state index contributed by atoms with van der Waals surface area (Å²) in [5.74, 6) is 0.716. The maximum absolute atomic E-state index is 11.0. The molecule has 2 N–H and O–H groups in total. The van der Waals surface area contributed by atoms with E-state index in [-0.39, 0.29) is 6.42 Å². The van der Waals surface area contributed by atoms with Crippen LogP contribution in [0.3, 0.4) is 0 Å². The molecule has 5 heteroatoms. The number of H-pyrrole nitrogens is 1. The quantitative estimate of drug-likeness (QED) is 0.234. The van der Waals surface area contributed by atoms with Crippen LogP contribution in [0, 0.1) is 0 Å². The fourth-order valence-electron chi connectivity index (χ4n) is 4.25. The lowest BCUT2D eigenvalue weighted by molar-refractivity contribution is -0.136. The topological polar surface area (TPSA) is 71.6 Å². The van der Waals surface area contributed by atoms with Crippen LogP contribution in [0.5, 0.6) is 11.5 Å². The van der Waals surface area contributed by atoms with Crippen LogP contribution in [-0.4, -0.2) is 29.3 Å². The molecule has 0 spiro atoms. The van der Waals surface area contributed by atoms with Crippen molar-refractivity contribution in [2.75, 3.05) is 13.2 Å². The summed E-state index contributed by atoms with van der Waals surface area (Å²) in [4.78, 5) is 14.5. The maximum Gasteiger partial charge on any atom is 0.307 e. The van der Waals surface area contributed by atoms with Crippen molar-refractivity contribution in [2.24, 2.45) is 0 Å². The molecular weight excluding hydrogens is 426 g/mol. The van der Waals surface area contributed by atoms with Gasteiger partial charge < -0.3 is 19.6 Å². The molecule has 0 radical (unpaired) electrons. The van der Waals surface area contributed by atoms with Gasteiger partial charge in [-0.25, -0.2) is 0 Å². The molecule has 0 aliphatic carbocycles. The van der Waals surface area contributed by atoms with Gasteiger partial charge in [0.1, 0.15) is 11.5 Å². The number of benzene rings is 3. The smallest absolute Gasteiger partial charge is 0.307 e. The standard InChI is InChI=1S/C29H31NO4/c1-2-10-24-27(16-15-23-25(20-30-29(23)24)21-11-4-3-5-12-21)34-18-9-8-17-33-26-14-7-6-13-22(26)19-28(31)32/h3-7,11-16,20,30H,2,8-10,17-19H2,1H3,(H,31,32). The fourth-order valence-corrected chi connectivity index (χ4v) is 4.25. The van der Waals surface area contributed by atoms with Crippen molar-refractivity contribution >= 4 is 16.9 Å². The molecule has 34 heavy (non-hydrogen) atoms. The van der Waals surface area contributed by atoms with Gasteiger partial charge in [0.25, 0.3) is 0 Å². The van der Waals surface area contributed by atoms with E-state index < -0.39 is 5.97 Å². The summed E-state index contributed by atoms with van der Waals surface area (Å²) in [6.45, 7) is 3.32. The molecule has 0 saturated carbocycles. The number of hydrogen-bond acceptors (Lipinski definition) is 3. The summed E-state index contributed by atoms with van der Waals surface area (Å²) in [6.07, 6.45) is 5.72. The Labute approximate surface area is 200 Å². The predicted molar refractivity (Wildman–Crippen MR) is 136 cm³/mol. The van der Waals surface area contributed by atoms with Crippen molar-refractivity contribution in [3.8, 4) is 22.6 Å². The molecule has 0 aliphatic heterocycles. The number of carboxylic acids is 1. The molecular formula is C29H31NO4. The molecule has 1 aromatic heterocycles. The Morgan fingerprint density at radius 2 is 1.59 bits per heavy atom. The second-order valence-electron chi connectivity index (χ2n) is 8.37. The van der Waals surface area contributed by atoms with Crippen molar-refractivity contribution in [1.29, 1.82) is 0 Å². The first kappa shape index (κ1) is 23.4. The minimum absolute atomic E-state index is 0.0350. The Balaban J connectivity index is 1.36. The zero-order chi connectivity index (χ0) is 23.8. The van der Waals surface area contributed by atoms with Gasteiger partial charge in [-0.05, 0) is 43.0 Å². The van der Waals surface area contributed by atoms with Gasteiger partial charge in [-0.1, -0.05) is 61.9 Å². The summed E-state index contributed by atoms with van der Waals surface area (Å²) < 4.78 is 12.0. The second kappa shape index (κ2) is 11.4. The SMILES string of the molecule is CCCc1c(OCCCCOc2ccccc2CC(=O)O)ccc2c(-c3ccccc3)c[nH]c12. The molecule has 4 aromatic rings. The van der Waals surface area contributed by atoms with Gasteiger partial charge in [0.05, 0.1) is 25.2 Å². The van der Waals surface area contributed by atoms with Gasteiger partial charge in [-0.15, -0.1) is 0 Å². The third kappa shape index (κ3) is 5.60. The van der Waals surface area contributed by atoms with Crippen LogP contribution < -0.4 is 9.47 Å². The number of aromatic amines is 1. The van der Waals surface area contributed by atoms with Gasteiger partial charge in [0, 0.05) is 28.3 Å². The van der Waals surface area contributed by atoms with Crippen molar-refractivity contribution in [3.63, 3.8) is 0 Å². The van der Waals surface area contributed by atoms with E-state index in [1.54, 1.807) is 6.07 Å². The normalized spacial score (nSPS) is 11.0. The number of rotatable bonds is 12. The van der Waals surface area contributed by atoms with E-state index in [2.05, 4.69) is 54.5 Å². The summed E-state index contributed by atoms with van der Waals surface area (Å²) in [5.41, 5.74) is 5.48. The first-order valence-electron chi connectivity index (χ1n) is 11.9. The molecule has 4 rings (SSSR count). The highest BCUT2D eigenvalue weighted by atomic mass is 16.5. The van der Waals surface area contributed by atoms with Crippen LogP contribution in [0.4, 0.5) is 0 Å². The van der Waals surface area contributed by atoms with Crippen molar-refractivity contribution in [2.45, 2.75) is 39.0 Å². The monoisotopic (exact) mass is 457 g/mol. The summed E-state index contributed by atoms with van der Waals surface area (Å²) in [7, 11) is 0. The Morgan fingerprint density at radius 1 is 0.882 bits per heavy atom. The molecule has 0 fully saturated rings. The average molecular weight is 458 g/mol. The van der Waals surface area contributed by atoms with Crippen molar-refractivity contribution in [3.05, 3.63) is 84.1 Å². The van der Waals surface area contributed by atoms with Crippen LogP contribution in [0.25, 0.3) is 22.0 Å². The Kier molecular flexibility index (Phi) is 7.87. The molecule has 176 valence electrons. The number of ether oxygens (including phenoxy) is 2. The largest absolute Gasteiger partial charge is 0.493 e. The maximum atomic E-state index is 11.0. The minimum atomic E-state index is -0.859. The number of aromatic nitrogens is 1. The van der Waals surface area contributed by atoms with Gasteiger partial charge in [-0.3, -0.25) is 4.79 Å². The van der Waals surface area contributed by atoms with Crippen LogP contribution in [0.15, 0.2) is 72.9 Å². The minimum Gasteiger partial charge on any atom is -0.493 e. The zero-order valence-electron chi connectivity index (χ0n) is 19.5. The van der Waals surface area contributed by atoms with Gasteiger partial charge in [0.2, 0.25) is 0 Å². The third-order valence-electron chi connectivity index (χ3n) is 5.87. The molecule has 0 bridgehead atoms. The molecule has 3 aromatic carbocycles. The number of unbranched alkanes of at least 4 members (excludes halogenated alkanes) is 1. The highest BCUT2D eigenvalue weighted by Crippen LogP contribution is 2.35. The molecule has 0 unspecified atom stereocenters. The van der Waals surface area contributed by atoms with Crippen LogP contribution >= 0.6 is 0 Å². The Morgan fingerprint density at radius 3 is 2.32 bits per heavy atom. The van der Waals surface area contributed by atoms with E-state index in [9.17, 15) is 4.79 Å². The Bertz CT molecular complexity index is 1230. The highest BCUT2D eigenvalue weighted by molar-refractivity contribution is 5.98. The van der Waals surface area contributed by atoms with Gasteiger partial charge >= 0.3 is 5.97 Å². The fraction of sp³-hybridized carbons (Fsp3) is 0.276. The van der Waals surface area contributed by atoms with Crippen LogP contribution in [0.1, 0.15) is 37.3 Å². The second-order valence-corrected chi connectivity index (χ2v) is 8.37. The number of carboxylic acid groups (broad SMARTS) is 1. The van der Waals surface area contributed by atoms with Gasteiger partial charge in [-0.2, -0.15) is 0 Å². The number of fused-ring (bicyclic) bond motifs is 1.